The van der Waals surface area contributed by atoms with Gasteiger partial charge in [0.05, 0.1) is 0 Å². The zero-order valence-electron chi connectivity index (χ0n) is 12.8. The molecule has 0 unspecified atom stereocenters. The number of carbonyl (C=O) groups excluding carboxylic acids is 2. The van der Waals surface area contributed by atoms with Crippen LogP contribution in [0.2, 0.25) is 0 Å². The van der Waals surface area contributed by atoms with Crippen molar-refractivity contribution >= 4 is 23.2 Å². The number of ether oxygens (including phenoxy) is 1. The highest BCUT2D eigenvalue weighted by molar-refractivity contribution is 6.45. The van der Waals surface area contributed by atoms with Crippen LogP contribution in [0, 0.1) is 0 Å². The number of hydrogen-bond donors (Lipinski definition) is 4. The lowest BCUT2D eigenvalue weighted by Crippen LogP contribution is -2.24. The molecule has 0 spiro atoms. The van der Waals surface area contributed by atoms with E-state index in [4.69, 9.17) is 26.6 Å². The average Bonchev–Trinajstić information content (AvgIpc) is 2.58. The fraction of sp³-hybridized carbons (Fsp3) is 0. The Morgan fingerprint density at radius 2 is 1.04 bits per heavy atom. The number of carbonyl (C=O) groups is 2. The number of primary amides is 2. The van der Waals surface area contributed by atoms with Crippen molar-refractivity contribution in [2.24, 2.45) is 21.8 Å². The van der Waals surface area contributed by atoms with Gasteiger partial charge in [-0.3, -0.25) is 9.59 Å². The van der Waals surface area contributed by atoms with E-state index in [-0.39, 0.29) is 11.4 Å². The lowest BCUT2D eigenvalue weighted by Gasteiger charge is -2.08. The standard InChI is InChI=1S/C16H14N4O5/c17-15(21)13(19-23)9-1-5-11(6-2-9)25-12-7-3-10(4-8-12)14(20-24)16(18)22/h1-8,23-24H,(H2,17,21)(H2,18,22). The van der Waals surface area contributed by atoms with Gasteiger partial charge >= 0.3 is 0 Å². The van der Waals surface area contributed by atoms with E-state index >= 15 is 0 Å². The number of nitrogens with zero attached hydrogens (tertiary/aromatic N) is 2. The Balaban J connectivity index is 2.15. The molecule has 0 heterocycles. The molecule has 6 N–H and O–H groups in total. The molecule has 128 valence electrons. The third-order valence-electron chi connectivity index (χ3n) is 3.16. The predicted molar refractivity (Wildman–Crippen MR) is 88.0 cm³/mol. The number of nitrogens with two attached hydrogens (primary N) is 2. The number of hydrogen-bond acceptors (Lipinski definition) is 7. The van der Waals surface area contributed by atoms with Gasteiger partial charge in [-0.05, 0) is 48.5 Å². The second-order valence-electron chi connectivity index (χ2n) is 4.78. The van der Waals surface area contributed by atoms with Crippen molar-refractivity contribution < 1.29 is 24.7 Å². The van der Waals surface area contributed by atoms with Gasteiger partial charge in [0.2, 0.25) is 0 Å². The average molecular weight is 342 g/mol. The highest BCUT2D eigenvalue weighted by Crippen LogP contribution is 2.22. The van der Waals surface area contributed by atoms with E-state index in [1.165, 1.54) is 24.3 Å². The molecule has 0 fully saturated rings. The van der Waals surface area contributed by atoms with Crippen LogP contribution in [0.15, 0.2) is 58.8 Å². The summed E-state index contributed by atoms with van der Waals surface area (Å²) in [6.07, 6.45) is 0. The van der Waals surface area contributed by atoms with E-state index in [0.717, 1.165) is 0 Å². The third kappa shape index (κ3) is 4.10. The molecule has 0 saturated heterocycles. The molecule has 2 amide bonds. The van der Waals surface area contributed by atoms with E-state index in [1.807, 2.05) is 0 Å². The van der Waals surface area contributed by atoms with Crippen LogP contribution in [0.3, 0.4) is 0 Å². The van der Waals surface area contributed by atoms with Gasteiger partial charge in [-0.25, -0.2) is 0 Å². The molecular weight excluding hydrogens is 328 g/mol. The molecule has 9 heteroatoms. The number of benzene rings is 2. The highest BCUT2D eigenvalue weighted by Gasteiger charge is 2.12. The van der Waals surface area contributed by atoms with Crippen molar-refractivity contribution in [2.45, 2.75) is 0 Å². The minimum absolute atomic E-state index is 0.266. The van der Waals surface area contributed by atoms with Gasteiger partial charge in [0, 0.05) is 11.1 Å². The quantitative estimate of drug-likeness (QED) is 0.346. The highest BCUT2D eigenvalue weighted by atomic mass is 16.5. The van der Waals surface area contributed by atoms with Crippen LogP contribution in [0.4, 0.5) is 0 Å². The van der Waals surface area contributed by atoms with Gasteiger partial charge in [-0.2, -0.15) is 0 Å². The number of oxime groups is 2. The van der Waals surface area contributed by atoms with Crippen molar-refractivity contribution in [3.8, 4) is 11.5 Å². The molecule has 9 nitrogen and oxygen atoms in total. The largest absolute Gasteiger partial charge is 0.457 e. The molecule has 0 aliphatic carbocycles. The molecule has 0 atom stereocenters. The van der Waals surface area contributed by atoms with E-state index in [2.05, 4.69) is 10.3 Å². The maximum Gasteiger partial charge on any atom is 0.271 e. The van der Waals surface area contributed by atoms with E-state index in [9.17, 15) is 9.59 Å². The van der Waals surface area contributed by atoms with Crippen molar-refractivity contribution in [2.75, 3.05) is 0 Å². The van der Waals surface area contributed by atoms with Crippen LogP contribution in [0.25, 0.3) is 0 Å². The summed E-state index contributed by atoms with van der Waals surface area (Å²) in [7, 11) is 0. The molecule has 0 saturated carbocycles. The van der Waals surface area contributed by atoms with Gasteiger partial charge < -0.3 is 26.6 Å². The van der Waals surface area contributed by atoms with Crippen molar-refractivity contribution in [3.05, 3.63) is 59.7 Å². The van der Waals surface area contributed by atoms with E-state index in [1.54, 1.807) is 24.3 Å². The van der Waals surface area contributed by atoms with Crippen molar-refractivity contribution in [1.29, 1.82) is 0 Å². The van der Waals surface area contributed by atoms with Crippen LogP contribution >= 0.6 is 0 Å². The number of rotatable bonds is 6. The predicted octanol–water partition coefficient (Wildman–Crippen LogP) is 0.806. The van der Waals surface area contributed by atoms with Gasteiger partial charge in [0.15, 0.2) is 11.4 Å². The maximum absolute atomic E-state index is 11.1. The first kappa shape index (κ1) is 17.5. The lowest BCUT2D eigenvalue weighted by molar-refractivity contribution is -0.112. The van der Waals surface area contributed by atoms with Gasteiger partial charge in [-0.1, -0.05) is 10.3 Å². The fourth-order valence-corrected chi connectivity index (χ4v) is 2.00. The zero-order chi connectivity index (χ0) is 18.4. The third-order valence-corrected chi connectivity index (χ3v) is 3.16. The Labute approximate surface area is 141 Å². The van der Waals surface area contributed by atoms with Crippen LogP contribution in [-0.2, 0) is 9.59 Å². The summed E-state index contributed by atoms with van der Waals surface area (Å²) < 4.78 is 5.60. The van der Waals surface area contributed by atoms with Crippen LogP contribution in [0.1, 0.15) is 11.1 Å². The Morgan fingerprint density at radius 3 is 1.28 bits per heavy atom. The summed E-state index contributed by atoms with van der Waals surface area (Å²) in [5, 5.41) is 23.3. The Kier molecular flexibility index (Phi) is 5.31. The van der Waals surface area contributed by atoms with Crippen molar-refractivity contribution in [1.82, 2.24) is 0 Å². The molecule has 0 aliphatic rings. The minimum atomic E-state index is -0.859. The zero-order valence-corrected chi connectivity index (χ0v) is 12.8. The van der Waals surface area contributed by atoms with Crippen LogP contribution < -0.4 is 16.2 Å². The molecule has 0 aromatic heterocycles. The smallest absolute Gasteiger partial charge is 0.271 e. The minimum Gasteiger partial charge on any atom is -0.457 e. The maximum atomic E-state index is 11.1. The molecule has 0 bridgehead atoms. The molecule has 2 aromatic rings. The molecule has 25 heavy (non-hydrogen) atoms. The molecule has 2 aromatic carbocycles. The summed E-state index contributed by atoms with van der Waals surface area (Å²) in [5.74, 6) is -0.821. The topological polar surface area (TPSA) is 161 Å². The Bertz CT molecular complexity index is 770. The molecule has 2 rings (SSSR count). The molecular formula is C16H14N4O5. The monoisotopic (exact) mass is 342 g/mol. The van der Waals surface area contributed by atoms with E-state index < -0.39 is 11.8 Å². The Morgan fingerprint density at radius 1 is 0.720 bits per heavy atom. The number of amides is 2. The first-order valence-corrected chi connectivity index (χ1v) is 6.88. The first-order chi connectivity index (χ1) is 12.0. The van der Waals surface area contributed by atoms with E-state index in [0.29, 0.717) is 22.6 Å². The summed E-state index contributed by atoms with van der Waals surface area (Å²) in [6.45, 7) is 0. The molecule has 0 radical (unpaired) electrons. The lowest BCUT2D eigenvalue weighted by atomic mass is 10.1. The normalized spacial score (nSPS) is 11.8. The van der Waals surface area contributed by atoms with Crippen LogP contribution in [-0.4, -0.2) is 33.7 Å². The van der Waals surface area contributed by atoms with Gasteiger partial charge in [0.25, 0.3) is 11.8 Å². The summed E-state index contributed by atoms with van der Waals surface area (Å²) in [6, 6.07) is 12.3. The first-order valence-electron chi connectivity index (χ1n) is 6.88. The fourth-order valence-electron chi connectivity index (χ4n) is 2.00. The van der Waals surface area contributed by atoms with Gasteiger partial charge in [0.1, 0.15) is 11.5 Å². The summed E-state index contributed by atoms with van der Waals surface area (Å²) >= 11 is 0. The Hall–Kier alpha value is -3.88. The summed E-state index contributed by atoms with van der Waals surface area (Å²) in [4.78, 5) is 22.2. The SMILES string of the molecule is NC(=O)C(=NO)c1ccc(Oc2ccc(C(=NO)C(N)=O)cc2)cc1. The second-order valence-corrected chi connectivity index (χ2v) is 4.78. The summed E-state index contributed by atoms with van der Waals surface area (Å²) in [5.41, 5.74) is 10.3. The molecule has 0 aliphatic heterocycles. The second kappa shape index (κ2) is 7.59. The van der Waals surface area contributed by atoms with Crippen molar-refractivity contribution in [3.63, 3.8) is 0 Å². The van der Waals surface area contributed by atoms with Gasteiger partial charge in [-0.15, -0.1) is 0 Å². The van der Waals surface area contributed by atoms with Crippen LogP contribution in [0.5, 0.6) is 11.5 Å².